The number of anilines is 1. The van der Waals surface area contributed by atoms with Crippen LogP contribution in [0.5, 0.6) is 0 Å². The number of esters is 1. The van der Waals surface area contributed by atoms with Crippen molar-refractivity contribution in [2.45, 2.75) is 30.1 Å². The molecule has 120 valence electrons. The first-order chi connectivity index (χ1) is 11.0. The lowest BCUT2D eigenvalue weighted by Crippen LogP contribution is -2.26. The van der Waals surface area contributed by atoms with Crippen LogP contribution in [0.2, 0.25) is 0 Å². The van der Waals surface area contributed by atoms with Crippen molar-refractivity contribution < 1.29 is 14.3 Å². The summed E-state index contributed by atoms with van der Waals surface area (Å²) >= 11 is 1.46. The quantitative estimate of drug-likeness (QED) is 0.851. The van der Waals surface area contributed by atoms with Crippen molar-refractivity contribution in [1.82, 2.24) is 20.2 Å². The molecular weight excluding hydrogens is 318 g/mol. The summed E-state index contributed by atoms with van der Waals surface area (Å²) in [7, 11) is 1.67. The molecule has 1 aromatic heterocycles. The molecule has 1 aliphatic heterocycles. The molecule has 0 radical (unpaired) electrons. The molecule has 2 heterocycles. The fourth-order valence-corrected chi connectivity index (χ4v) is 3.13. The number of hydrogen-bond acceptors (Lipinski definition) is 7. The minimum atomic E-state index is -0.581. The molecule has 23 heavy (non-hydrogen) atoms. The van der Waals surface area contributed by atoms with E-state index in [0.717, 1.165) is 4.90 Å². The minimum absolute atomic E-state index is 0.0773. The zero-order chi connectivity index (χ0) is 16.6. The molecule has 0 saturated heterocycles. The second-order valence-corrected chi connectivity index (χ2v) is 6.55. The summed E-state index contributed by atoms with van der Waals surface area (Å²) in [5.41, 5.74) is 0.988. The number of aryl methyl sites for hydroxylation is 1. The number of nitrogens with zero attached hydrogens (tertiary/aromatic N) is 4. The van der Waals surface area contributed by atoms with Crippen molar-refractivity contribution in [3.05, 3.63) is 29.6 Å². The fraction of sp³-hybridized carbons (Fsp3) is 0.357. The lowest BCUT2D eigenvalue weighted by atomic mass is 10.2. The van der Waals surface area contributed by atoms with E-state index >= 15 is 0 Å². The van der Waals surface area contributed by atoms with E-state index in [1.54, 1.807) is 32.2 Å². The van der Waals surface area contributed by atoms with Gasteiger partial charge < -0.3 is 10.1 Å². The predicted molar refractivity (Wildman–Crippen MR) is 83.0 cm³/mol. The van der Waals surface area contributed by atoms with E-state index in [1.165, 1.54) is 16.4 Å². The first kappa shape index (κ1) is 15.5. The number of rotatable bonds is 3. The second-order valence-electron chi connectivity index (χ2n) is 5.17. The highest BCUT2D eigenvalue weighted by Crippen LogP contribution is 2.36. The van der Waals surface area contributed by atoms with Gasteiger partial charge in [0.05, 0.1) is 16.5 Å². The fourth-order valence-electron chi connectivity index (χ4n) is 2.20. The monoisotopic (exact) mass is 333 g/mol. The number of thioether (sulfide) groups is 1. The van der Waals surface area contributed by atoms with E-state index in [1.807, 2.05) is 6.92 Å². The van der Waals surface area contributed by atoms with Crippen molar-refractivity contribution in [1.29, 1.82) is 0 Å². The minimum Gasteiger partial charge on any atom is -0.451 e. The maximum absolute atomic E-state index is 12.3. The van der Waals surface area contributed by atoms with Gasteiger partial charge in [-0.1, -0.05) is 0 Å². The van der Waals surface area contributed by atoms with Gasteiger partial charge in [0, 0.05) is 11.9 Å². The van der Waals surface area contributed by atoms with Crippen LogP contribution in [0.15, 0.2) is 23.1 Å². The van der Waals surface area contributed by atoms with Crippen LogP contribution in [0.25, 0.3) is 0 Å². The summed E-state index contributed by atoms with van der Waals surface area (Å²) < 4.78 is 6.83. The normalized spacial score (nSPS) is 18.0. The zero-order valence-corrected chi connectivity index (χ0v) is 13.6. The number of amides is 1. The Bertz CT molecular complexity index is 776. The number of ether oxygens (including phenoxy) is 1. The molecular formula is C14H15N5O3S. The molecule has 1 aliphatic rings. The smallest absolute Gasteiger partial charge is 0.338 e. The van der Waals surface area contributed by atoms with Gasteiger partial charge >= 0.3 is 5.97 Å². The first-order valence-electron chi connectivity index (χ1n) is 7.00. The number of carbonyl (C=O) groups is 2. The van der Waals surface area contributed by atoms with Gasteiger partial charge in [-0.3, -0.25) is 4.79 Å². The van der Waals surface area contributed by atoms with E-state index in [-0.39, 0.29) is 11.2 Å². The molecule has 9 heteroatoms. The van der Waals surface area contributed by atoms with Crippen LogP contribution in [0.4, 0.5) is 5.69 Å². The van der Waals surface area contributed by atoms with E-state index in [0.29, 0.717) is 17.1 Å². The number of hydrogen-bond donors (Lipinski definition) is 1. The maximum atomic E-state index is 12.3. The van der Waals surface area contributed by atoms with E-state index < -0.39 is 12.1 Å². The SMILES string of the molecule is C[C@@H]1Sc2ccc(C(=O)O[C@@H](C)c3nnnn3C)cc2NC1=O. The number of fused-ring (bicyclic) bond motifs is 1. The summed E-state index contributed by atoms with van der Waals surface area (Å²) in [5.74, 6) is -0.123. The van der Waals surface area contributed by atoms with Crippen LogP contribution in [-0.4, -0.2) is 37.3 Å². The second kappa shape index (κ2) is 5.99. The van der Waals surface area contributed by atoms with Crippen molar-refractivity contribution in [3.63, 3.8) is 0 Å². The third-order valence-electron chi connectivity index (χ3n) is 3.45. The average Bonchev–Trinajstić information content (AvgIpc) is 2.94. The molecule has 0 saturated carbocycles. The van der Waals surface area contributed by atoms with Gasteiger partial charge in [0.1, 0.15) is 0 Å². The first-order valence-corrected chi connectivity index (χ1v) is 7.88. The summed E-state index contributed by atoms with van der Waals surface area (Å²) in [4.78, 5) is 24.9. The number of aromatic nitrogens is 4. The van der Waals surface area contributed by atoms with Gasteiger partial charge in [-0.05, 0) is 42.5 Å². The van der Waals surface area contributed by atoms with Crippen molar-refractivity contribution in [2.24, 2.45) is 7.05 Å². The highest BCUT2D eigenvalue weighted by Gasteiger charge is 2.25. The summed E-state index contributed by atoms with van der Waals surface area (Å²) in [6.45, 7) is 3.53. The Labute approximate surface area is 136 Å². The molecule has 0 aliphatic carbocycles. The summed E-state index contributed by atoms with van der Waals surface area (Å²) in [5, 5.41) is 13.7. The number of benzene rings is 1. The van der Waals surface area contributed by atoms with Crippen molar-refractivity contribution in [2.75, 3.05) is 5.32 Å². The number of carbonyl (C=O) groups excluding carboxylic acids is 2. The molecule has 1 amide bonds. The molecule has 3 rings (SSSR count). The van der Waals surface area contributed by atoms with Crippen LogP contribution in [0.3, 0.4) is 0 Å². The Morgan fingerprint density at radius 2 is 2.26 bits per heavy atom. The summed E-state index contributed by atoms with van der Waals surface area (Å²) in [6.07, 6.45) is -0.581. The number of tetrazole rings is 1. The molecule has 8 nitrogen and oxygen atoms in total. The zero-order valence-electron chi connectivity index (χ0n) is 12.8. The van der Waals surface area contributed by atoms with E-state index in [9.17, 15) is 9.59 Å². The Kier molecular flexibility index (Phi) is 4.03. The number of nitrogens with one attached hydrogen (secondary N) is 1. The van der Waals surface area contributed by atoms with Crippen LogP contribution in [0.1, 0.15) is 36.1 Å². The topological polar surface area (TPSA) is 99.0 Å². The predicted octanol–water partition coefficient (Wildman–Crippen LogP) is 1.56. The largest absolute Gasteiger partial charge is 0.451 e. The van der Waals surface area contributed by atoms with Crippen LogP contribution in [-0.2, 0) is 16.6 Å². The van der Waals surface area contributed by atoms with E-state index in [4.69, 9.17) is 4.74 Å². The van der Waals surface area contributed by atoms with Crippen molar-refractivity contribution >= 4 is 29.3 Å². The van der Waals surface area contributed by atoms with Gasteiger partial charge in [0.25, 0.3) is 0 Å². The van der Waals surface area contributed by atoms with Gasteiger partial charge in [-0.2, -0.15) is 0 Å². The average molecular weight is 333 g/mol. The van der Waals surface area contributed by atoms with Crippen molar-refractivity contribution in [3.8, 4) is 0 Å². The standard InChI is InChI=1S/C14H15N5O3S/c1-7(12-16-17-18-19(12)3)22-14(21)9-4-5-11-10(6-9)15-13(20)8(2)23-11/h4-8H,1-3H3,(H,15,20)/t7-,8-/m0/s1. The Balaban J connectivity index is 1.77. The van der Waals surface area contributed by atoms with Gasteiger partial charge in [-0.25, -0.2) is 9.48 Å². The molecule has 0 spiro atoms. The molecule has 1 N–H and O–H groups in total. The van der Waals surface area contributed by atoms with E-state index in [2.05, 4.69) is 20.8 Å². The molecule has 1 aromatic carbocycles. The summed E-state index contributed by atoms with van der Waals surface area (Å²) in [6, 6.07) is 5.11. The van der Waals surface area contributed by atoms with Gasteiger partial charge in [0.2, 0.25) is 5.91 Å². The Morgan fingerprint density at radius 3 is 2.96 bits per heavy atom. The van der Waals surface area contributed by atoms with Crippen LogP contribution >= 0.6 is 11.8 Å². The van der Waals surface area contributed by atoms with Gasteiger partial charge in [0.15, 0.2) is 11.9 Å². The Hall–Kier alpha value is -2.42. The third kappa shape index (κ3) is 3.04. The van der Waals surface area contributed by atoms with Gasteiger partial charge in [-0.15, -0.1) is 16.9 Å². The van der Waals surface area contributed by atoms with Crippen LogP contribution < -0.4 is 5.32 Å². The third-order valence-corrected chi connectivity index (χ3v) is 4.62. The Morgan fingerprint density at radius 1 is 1.48 bits per heavy atom. The molecule has 0 unspecified atom stereocenters. The maximum Gasteiger partial charge on any atom is 0.338 e. The molecule has 2 aromatic rings. The van der Waals surface area contributed by atoms with Crippen LogP contribution in [0, 0.1) is 0 Å². The lowest BCUT2D eigenvalue weighted by Gasteiger charge is -2.21. The highest BCUT2D eigenvalue weighted by atomic mass is 32.2. The molecule has 0 fully saturated rings. The molecule has 2 atom stereocenters. The molecule has 0 bridgehead atoms. The highest BCUT2D eigenvalue weighted by molar-refractivity contribution is 8.00. The lowest BCUT2D eigenvalue weighted by molar-refractivity contribution is -0.115.